The maximum absolute atomic E-state index is 5.90. The van der Waals surface area contributed by atoms with Gasteiger partial charge in [-0.1, -0.05) is 18.2 Å². The molecular formula is C21H14N4O. The number of furan rings is 1. The molecule has 0 aliphatic rings. The van der Waals surface area contributed by atoms with Gasteiger partial charge < -0.3 is 4.42 Å². The van der Waals surface area contributed by atoms with Crippen molar-refractivity contribution in [3.8, 4) is 22.8 Å². The van der Waals surface area contributed by atoms with Crippen LogP contribution in [0.1, 0.15) is 5.82 Å². The number of aryl methyl sites for hydroxylation is 1. The van der Waals surface area contributed by atoms with Crippen molar-refractivity contribution in [1.82, 2.24) is 19.9 Å². The van der Waals surface area contributed by atoms with Gasteiger partial charge in [0.25, 0.3) is 0 Å². The van der Waals surface area contributed by atoms with Gasteiger partial charge in [0.2, 0.25) is 0 Å². The number of para-hydroxylation sites is 1. The molecule has 0 spiro atoms. The molecule has 0 saturated heterocycles. The number of hydrogen-bond donors (Lipinski definition) is 0. The summed E-state index contributed by atoms with van der Waals surface area (Å²) in [6.07, 6.45) is 3.49. The van der Waals surface area contributed by atoms with Crippen LogP contribution in [0.3, 0.4) is 0 Å². The van der Waals surface area contributed by atoms with Crippen LogP contribution >= 0.6 is 0 Å². The topological polar surface area (TPSA) is 64.7 Å². The first-order chi connectivity index (χ1) is 12.8. The van der Waals surface area contributed by atoms with E-state index in [1.165, 1.54) is 0 Å². The van der Waals surface area contributed by atoms with Gasteiger partial charge in [-0.2, -0.15) is 0 Å². The van der Waals surface area contributed by atoms with Crippen LogP contribution in [0, 0.1) is 6.92 Å². The first-order valence-electron chi connectivity index (χ1n) is 8.33. The smallest absolute Gasteiger partial charge is 0.165 e. The number of pyridine rings is 1. The molecule has 2 aromatic carbocycles. The number of nitrogens with zero attached hydrogens (tertiary/aromatic N) is 4. The predicted octanol–water partition coefficient (Wildman–Crippen LogP) is 4.81. The Kier molecular flexibility index (Phi) is 3.25. The van der Waals surface area contributed by atoms with Gasteiger partial charge in [0, 0.05) is 34.3 Å². The van der Waals surface area contributed by atoms with Crippen LogP contribution in [0.25, 0.3) is 44.7 Å². The highest BCUT2D eigenvalue weighted by molar-refractivity contribution is 6.06. The summed E-state index contributed by atoms with van der Waals surface area (Å²) >= 11 is 0. The Hall–Kier alpha value is -3.60. The molecular weight excluding hydrogens is 324 g/mol. The molecule has 5 aromatic rings. The number of benzene rings is 2. The number of hydrogen-bond acceptors (Lipinski definition) is 5. The highest BCUT2D eigenvalue weighted by Crippen LogP contribution is 2.31. The van der Waals surface area contributed by atoms with Gasteiger partial charge >= 0.3 is 0 Å². The molecule has 124 valence electrons. The molecule has 0 fully saturated rings. The zero-order chi connectivity index (χ0) is 17.5. The quantitative estimate of drug-likeness (QED) is 0.462. The van der Waals surface area contributed by atoms with Gasteiger partial charge in [-0.15, -0.1) is 0 Å². The lowest BCUT2D eigenvalue weighted by atomic mass is 10.1. The first-order valence-corrected chi connectivity index (χ1v) is 8.33. The van der Waals surface area contributed by atoms with Crippen molar-refractivity contribution in [2.24, 2.45) is 0 Å². The fourth-order valence-electron chi connectivity index (χ4n) is 3.10. The molecule has 5 rings (SSSR count). The van der Waals surface area contributed by atoms with E-state index in [0.29, 0.717) is 17.5 Å². The van der Waals surface area contributed by atoms with Crippen LogP contribution < -0.4 is 0 Å². The average molecular weight is 338 g/mol. The molecule has 5 nitrogen and oxygen atoms in total. The maximum atomic E-state index is 5.90. The van der Waals surface area contributed by atoms with Crippen molar-refractivity contribution >= 4 is 21.9 Å². The molecule has 3 heterocycles. The summed E-state index contributed by atoms with van der Waals surface area (Å²) < 4.78 is 5.90. The molecule has 3 aromatic heterocycles. The molecule has 26 heavy (non-hydrogen) atoms. The van der Waals surface area contributed by atoms with Crippen LogP contribution in [0.2, 0.25) is 0 Å². The van der Waals surface area contributed by atoms with E-state index in [2.05, 4.69) is 32.1 Å². The Labute approximate surface area is 149 Å². The Morgan fingerprint density at radius 3 is 2.38 bits per heavy atom. The van der Waals surface area contributed by atoms with Crippen LogP contribution in [-0.4, -0.2) is 19.9 Å². The minimum atomic E-state index is 0.623. The zero-order valence-electron chi connectivity index (χ0n) is 14.0. The van der Waals surface area contributed by atoms with Gasteiger partial charge in [-0.3, -0.25) is 4.98 Å². The molecule has 0 atom stereocenters. The predicted molar refractivity (Wildman–Crippen MR) is 101 cm³/mol. The second kappa shape index (κ2) is 5.74. The average Bonchev–Trinajstić information content (AvgIpc) is 3.06. The molecule has 0 bridgehead atoms. The molecule has 0 saturated carbocycles. The van der Waals surface area contributed by atoms with Gasteiger partial charge in [0.1, 0.15) is 17.0 Å². The van der Waals surface area contributed by atoms with Crippen LogP contribution in [0.5, 0.6) is 0 Å². The molecule has 5 heteroatoms. The Morgan fingerprint density at radius 2 is 1.54 bits per heavy atom. The highest BCUT2D eigenvalue weighted by atomic mass is 16.3. The standard InChI is InChI=1S/C21H14N4O/c1-13-23-20(25-21(24-13)15-5-4-10-22-12-15)14-8-9-19-17(11-14)16-6-2-3-7-18(16)26-19/h2-12H,1H3. The summed E-state index contributed by atoms with van der Waals surface area (Å²) in [4.78, 5) is 17.8. The third-order valence-electron chi connectivity index (χ3n) is 4.30. The lowest BCUT2D eigenvalue weighted by Gasteiger charge is -2.05. The normalized spacial score (nSPS) is 11.3. The van der Waals surface area contributed by atoms with Crippen LogP contribution in [-0.2, 0) is 0 Å². The molecule has 0 N–H and O–H groups in total. The van der Waals surface area contributed by atoms with E-state index < -0.39 is 0 Å². The largest absolute Gasteiger partial charge is 0.456 e. The first kappa shape index (κ1) is 14.7. The third kappa shape index (κ3) is 2.41. The number of aromatic nitrogens is 4. The highest BCUT2D eigenvalue weighted by Gasteiger charge is 2.12. The third-order valence-corrected chi connectivity index (χ3v) is 4.30. The monoisotopic (exact) mass is 338 g/mol. The van der Waals surface area contributed by atoms with Crippen molar-refractivity contribution in [3.05, 3.63) is 72.8 Å². The lowest BCUT2D eigenvalue weighted by Crippen LogP contribution is -1.99. The summed E-state index contributed by atoms with van der Waals surface area (Å²) in [6, 6.07) is 17.9. The van der Waals surface area contributed by atoms with E-state index in [1.54, 1.807) is 12.4 Å². The van der Waals surface area contributed by atoms with Gasteiger partial charge in [-0.25, -0.2) is 15.0 Å². The number of fused-ring (bicyclic) bond motifs is 3. The summed E-state index contributed by atoms with van der Waals surface area (Å²) in [6.45, 7) is 1.87. The maximum Gasteiger partial charge on any atom is 0.165 e. The van der Waals surface area contributed by atoms with E-state index in [-0.39, 0.29) is 0 Å². The van der Waals surface area contributed by atoms with E-state index in [9.17, 15) is 0 Å². The van der Waals surface area contributed by atoms with Crippen LogP contribution in [0.15, 0.2) is 71.4 Å². The minimum absolute atomic E-state index is 0.623. The van der Waals surface area contributed by atoms with Crippen molar-refractivity contribution in [1.29, 1.82) is 0 Å². The summed E-state index contributed by atoms with van der Waals surface area (Å²) in [5.74, 6) is 1.94. The van der Waals surface area contributed by atoms with Gasteiger partial charge in [-0.05, 0) is 43.3 Å². The minimum Gasteiger partial charge on any atom is -0.456 e. The Bertz CT molecular complexity index is 1250. The van der Waals surface area contributed by atoms with E-state index in [4.69, 9.17) is 4.42 Å². The molecule has 0 radical (unpaired) electrons. The van der Waals surface area contributed by atoms with Crippen molar-refractivity contribution in [2.45, 2.75) is 6.92 Å². The molecule has 0 aliphatic heterocycles. The van der Waals surface area contributed by atoms with Gasteiger partial charge in [0.15, 0.2) is 11.6 Å². The van der Waals surface area contributed by atoms with Crippen molar-refractivity contribution < 1.29 is 4.42 Å². The Morgan fingerprint density at radius 1 is 0.731 bits per heavy atom. The van der Waals surface area contributed by atoms with Gasteiger partial charge in [0.05, 0.1) is 0 Å². The summed E-state index contributed by atoms with van der Waals surface area (Å²) in [5.41, 5.74) is 3.53. The van der Waals surface area contributed by atoms with Crippen molar-refractivity contribution in [3.63, 3.8) is 0 Å². The van der Waals surface area contributed by atoms with Crippen LogP contribution in [0.4, 0.5) is 0 Å². The molecule has 0 aliphatic carbocycles. The summed E-state index contributed by atoms with van der Waals surface area (Å²) in [5, 5.41) is 2.14. The van der Waals surface area contributed by atoms with E-state index in [1.807, 2.05) is 49.4 Å². The zero-order valence-corrected chi connectivity index (χ0v) is 14.0. The fourth-order valence-corrected chi connectivity index (χ4v) is 3.10. The summed E-state index contributed by atoms with van der Waals surface area (Å²) in [7, 11) is 0. The SMILES string of the molecule is Cc1nc(-c2cccnc2)nc(-c2ccc3oc4ccccc4c3c2)n1. The number of rotatable bonds is 2. The molecule has 0 unspecified atom stereocenters. The fraction of sp³-hybridized carbons (Fsp3) is 0.0476. The van der Waals surface area contributed by atoms with Crippen molar-refractivity contribution in [2.75, 3.05) is 0 Å². The van der Waals surface area contributed by atoms with E-state index >= 15 is 0 Å². The second-order valence-corrected chi connectivity index (χ2v) is 6.08. The Balaban J connectivity index is 1.70. The second-order valence-electron chi connectivity index (χ2n) is 6.08. The lowest BCUT2D eigenvalue weighted by molar-refractivity contribution is 0.669. The van der Waals surface area contributed by atoms with E-state index in [0.717, 1.165) is 33.1 Å². The molecule has 0 amide bonds.